The van der Waals surface area contributed by atoms with Crippen LogP contribution < -0.4 is 10.1 Å². The van der Waals surface area contributed by atoms with E-state index in [-0.39, 0.29) is 11.7 Å². The molecule has 3 nitrogen and oxygen atoms in total. The standard InChI is InChI=1S/C17H18FNO2/c1-12-3-8-16(11-13(12)2)21-10-9-19-17(20)14-4-6-15(18)7-5-14/h3-8,11H,9-10H2,1-2H3,(H,19,20). The van der Waals surface area contributed by atoms with E-state index in [0.717, 1.165) is 5.75 Å². The van der Waals surface area contributed by atoms with Gasteiger partial charge in [-0.2, -0.15) is 0 Å². The number of hydrogen-bond donors (Lipinski definition) is 1. The summed E-state index contributed by atoms with van der Waals surface area (Å²) in [6.45, 7) is 4.85. The van der Waals surface area contributed by atoms with E-state index in [1.165, 1.54) is 35.4 Å². The summed E-state index contributed by atoms with van der Waals surface area (Å²) >= 11 is 0. The number of hydrogen-bond acceptors (Lipinski definition) is 2. The van der Waals surface area contributed by atoms with Gasteiger partial charge >= 0.3 is 0 Å². The van der Waals surface area contributed by atoms with Gasteiger partial charge in [-0.1, -0.05) is 6.07 Å². The molecule has 2 aromatic rings. The topological polar surface area (TPSA) is 38.3 Å². The Morgan fingerprint density at radius 1 is 1.10 bits per heavy atom. The first-order chi connectivity index (χ1) is 10.1. The summed E-state index contributed by atoms with van der Waals surface area (Å²) in [6, 6.07) is 11.3. The first kappa shape index (κ1) is 15.0. The monoisotopic (exact) mass is 287 g/mol. The Balaban J connectivity index is 1.77. The van der Waals surface area contributed by atoms with Gasteiger partial charge in [-0.3, -0.25) is 4.79 Å². The number of rotatable bonds is 5. The molecule has 0 radical (unpaired) electrons. The smallest absolute Gasteiger partial charge is 0.251 e. The molecule has 1 N–H and O–H groups in total. The van der Waals surface area contributed by atoms with E-state index >= 15 is 0 Å². The molecule has 0 atom stereocenters. The Hall–Kier alpha value is -2.36. The summed E-state index contributed by atoms with van der Waals surface area (Å²) in [4.78, 5) is 11.8. The summed E-state index contributed by atoms with van der Waals surface area (Å²) in [5, 5.41) is 2.73. The summed E-state index contributed by atoms with van der Waals surface area (Å²) < 4.78 is 18.3. The molecule has 21 heavy (non-hydrogen) atoms. The Bertz CT molecular complexity index is 623. The van der Waals surface area contributed by atoms with E-state index < -0.39 is 0 Å². The van der Waals surface area contributed by atoms with Crippen molar-refractivity contribution < 1.29 is 13.9 Å². The van der Waals surface area contributed by atoms with Crippen LogP contribution in [0.15, 0.2) is 42.5 Å². The molecular formula is C17H18FNO2. The third-order valence-corrected chi connectivity index (χ3v) is 3.24. The maximum absolute atomic E-state index is 12.8. The van der Waals surface area contributed by atoms with E-state index in [0.29, 0.717) is 18.7 Å². The van der Waals surface area contributed by atoms with Gasteiger partial charge in [0.2, 0.25) is 0 Å². The summed E-state index contributed by atoms with van der Waals surface area (Å²) in [7, 11) is 0. The van der Waals surface area contributed by atoms with Crippen molar-refractivity contribution in [2.45, 2.75) is 13.8 Å². The lowest BCUT2D eigenvalue weighted by atomic mass is 10.1. The second kappa shape index (κ2) is 6.88. The maximum Gasteiger partial charge on any atom is 0.251 e. The number of benzene rings is 2. The SMILES string of the molecule is Cc1ccc(OCCNC(=O)c2ccc(F)cc2)cc1C. The van der Waals surface area contributed by atoms with E-state index in [4.69, 9.17) is 4.74 Å². The van der Waals surface area contributed by atoms with Gasteiger partial charge in [0.25, 0.3) is 5.91 Å². The first-order valence-electron chi connectivity index (χ1n) is 6.80. The van der Waals surface area contributed by atoms with Crippen molar-refractivity contribution in [3.63, 3.8) is 0 Å². The zero-order valence-corrected chi connectivity index (χ0v) is 12.2. The highest BCUT2D eigenvalue weighted by Gasteiger charge is 2.04. The molecule has 110 valence electrons. The van der Waals surface area contributed by atoms with Crippen molar-refractivity contribution >= 4 is 5.91 Å². The molecule has 0 aromatic heterocycles. The predicted octanol–water partition coefficient (Wildman–Crippen LogP) is 3.25. The molecule has 0 aliphatic heterocycles. The quantitative estimate of drug-likeness (QED) is 0.857. The van der Waals surface area contributed by atoms with Crippen molar-refractivity contribution in [1.29, 1.82) is 0 Å². The molecule has 0 saturated carbocycles. The van der Waals surface area contributed by atoms with Gasteiger partial charge in [0.1, 0.15) is 18.2 Å². The highest BCUT2D eigenvalue weighted by molar-refractivity contribution is 5.94. The van der Waals surface area contributed by atoms with Crippen LogP contribution in [0.5, 0.6) is 5.75 Å². The van der Waals surface area contributed by atoms with E-state index in [2.05, 4.69) is 5.32 Å². The van der Waals surface area contributed by atoms with Crippen LogP contribution in [0.3, 0.4) is 0 Å². The number of aryl methyl sites for hydroxylation is 2. The van der Waals surface area contributed by atoms with Crippen LogP contribution in [-0.2, 0) is 0 Å². The Morgan fingerprint density at radius 2 is 1.81 bits per heavy atom. The average Bonchev–Trinajstić information content (AvgIpc) is 2.47. The Labute approximate surface area is 123 Å². The zero-order valence-electron chi connectivity index (χ0n) is 12.2. The number of halogens is 1. The lowest BCUT2D eigenvalue weighted by Crippen LogP contribution is -2.28. The van der Waals surface area contributed by atoms with E-state index in [1.54, 1.807) is 0 Å². The summed E-state index contributed by atoms with van der Waals surface area (Å²) in [5.41, 5.74) is 2.82. The number of amides is 1. The van der Waals surface area contributed by atoms with E-state index in [9.17, 15) is 9.18 Å². The van der Waals surface area contributed by atoms with Gasteiger partial charge in [-0.05, 0) is 61.4 Å². The van der Waals surface area contributed by atoms with Gasteiger partial charge in [-0.15, -0.1) is 0 Å². The highest BCUT2D eigenvalue weighted by Crippen LogP contribution is 2.16. The summed E-state index contributed by atoms with van der Waals surface area (Å²) in [5.74, 6) is 0.192. The van der Waals surface area contributed by atoms with E-state index in [1.807, 2.05) is 32.0 Å². The minimum Gasteiger partial charge on any atom is -0.492 e. The largest absolute Gasteiger partial charge is 0.492 e. The van der Waals surface area contributed by atoms with Gasteiger partial charge in [-0.25, -0.2) is 4.39 Å². The molecule has 0 aliphatic rings. The van der Waals surface area contributed by atoms with Gasteiger partial charge in [0, 0.05) is 5.56 Å². The fourth-order valence-electron chi connectivity index (χ4n) is 1.84. The fraction of sp³-hybridized carbons (Fsp3) is 0.235. The number of carbonyl (C=O) groups is 1. The fourth-order valence-corrected chi connectivity index (χ4v) is 1.84. The van der Waals surface area contributed by atoms with Crippen molar-refractivity contribution in [1.82, 2.24) is 5.32 Å². The average molecular weight is 287 g/mol. The molecule has 0 bridgehead atoms. The predicted molar refractivity (Wildman–Crippen MR) is 80.1 cm³/mol. The normalized spacial score (nSPS) is 10.2. The number of nitrogens with one attached hydrogen (secondary N) is 1. The molecule has 1 amide bonds. The number of carbonyl (C=O) groups excluding carboxylic acids is 1. The molecule has 0 saturated heterocycles. The van der Waals surface area contributed by atoms with Crippen LogP contribution in [0.1, 0.15) is 21.5 Å². The second-order valence-corrected chi connectivity index (χ2v) is 4.86. The molecule has 0 unspecified atom stereocenters. The van der Waals surface area contributed by atoms with Crippen molar-refractivity contribution in [2.24, 2.45) is 0 Å². The third kappa shape index (κ3) is 4.31. The molecular weight excluding hydrogens is 269 g/mol. The minimum atomic E-state index is -0.357. The van der Waals surface area contributed by atoms with Gasteiger partial charge in [0.05, 0.1) is 6.54 Å². The highest BCUT2D eigenvalue weighted by atomic mass is 19.1. The molecule has 2 aromatic carbocycles. The number of ether oxygens (including phenoxy) is 1. The van der Waals surface area contributed by atoms with Crippen molar-refractivity contribution in [3.8, 4) is 5.75 Å². The molecule has 0 heterocycles. The van der Waals surface area contributed by atoms with Crippen LogP contribution in [0, 0.1) is 19.7 Å². The lowest BCUT2D eigenvalue weighted by Gasteiger charge is -2.09. The van der Waals surface area contributed by atoms with Crippen molar-refractivity contribution in [3.05, 3.63) is 65.0 Å². The minimum absolute atomic E-state index is 0.237. The van der Waals surface area contributed by atoms with Crippen LogP contribution in [0.2, 0.25) is 0 Å². The third-order valence-electron chi connectivity index (χ3n) is 3.24. The second-order valence-electron chi connectivity index (χ2n) is 4.86. The zero-order chi connectivity index (χ0) is 15.2. The molecule has 2 rings (SSSR count). The molecule has 4 heteroatoms. The summed E-state index contributed by atoms with van der Waals surface area (Å²) in [6.07, 6.45) is 0. The Morgan fingerprint density at radius 3 is 2.48 bits per heavy atom. The molecule has 0 fully saturated rings. The first-order valence-corrected chi connectivity index (χ1v) is 6.80. The van der Waals surface area contributed by atoms with Crippen LogP contribution in [0.4, 0.5) is 4.39 Å². The van der Waals surface area contributed by atoms with Gasteiger partial charge in [0.15, 0.2) is 0 Å². The maximum atomic E-state index is 12.8. The van der Waals surface area contributed by atoms with Crippen LogP contribution in [-0.4, -0.2) is 19.1 Å². The Kier molecular flexibility index (Phi) is 4.93. The molecule has 0 aliphatic carbocycles. The molecule has 0 spiro atoms. The van der Waals surface area contributed by atoms with Gasteiger partial charge < -0.3 is 10.1 Å². The lowest BCUT2D eigenvalue weighted by molar-refractivity contribution is 0.0947. The van der Waals surface area contributed by atoms with Crippen LogP contribution in [0.25, 0.3) is 0 Å². The van der Waals surface area contributed by atoms with Crippen LogP contribution >= 0.6 is 0 Å². The van der Waals surface area contributed by atoms with Crippen molar-refractivity contribution in [2.75, 3.05) is 13.2 Å².